The van der Waals surface area contributed by atoms with Gasteiger partial charge in [-0.1, -0.05) is 11.3 Å². The lowest BCUT2D eigenvalue weighted by atomic mass is 10.3. The van der Waals surface area contributed by atoms with Gasteiger partial charge in [0.1, 0.15) is 13.1 Å². The van der Waals surface area contributed by atoms with Crippen LogP contribution in [0, 0.1) is 24.0 Å². The summed E-state index contributed by atoms with van der Waals surface area (Å²) >= 11 is 1.10. The molecule has 0 bridgehead atoms. The number of aromatic nitrogens is 3. The third kappa shape index (κ3) is 4.57. The molecule has 3 rings (SSSR count). The maximum Gasteiger partial charge on any atom is 0.326 e. The van der Waals surface area contributed by atoms with Crippen molar-refractivity contribution in [2.75, 3.05) is 6.61 Å². The highest BCUT2D eigenvalue weighted by Crippen LogP contribution is 2.23. The van der Waals surface area contributed by atoms with Crippen molar-refractivity contribution in [3.8, 4) is 0 Å². The third-order valence-electron chi connectivity index (χ3n) is 4.08. The van der Waals surface area contributed by atoms with Crippen molar-refractivity contribution >= 4 is 39.1 Å². The molecule has 0 spiro atoms. The average molecular weight is 417 g/mol. The van der Waals surface area contributed by atoms with E-state index in [1.807, 2.05) is 19.9 Å². The summed E-state index contributed by atoms with van der Waals surface area (Å²) in [5, 5.41) is 15.3. The highest BCUT2D eigenvalue weighted by Gasteiger charge is 2.16. The van der Waals surface area contributed by atoms with Gasteiger partial charge >= 0.3 is 5.97 Å². The summed E-state index contributed by atoms with van der Waals surface area (Å²) in [6.07, 6.45) is 0. The number of hydrogen-bond acceptors (Lipinski definition) is 7. The van der Waals surface area contributed by atoms with Crippen molar-refractivity contribution in [1.82, 2.24) is 14.3 Å². The number of benzene rings is 1. The van der Waals surface area contributed by atoms with Gasteiger partial charge in [0, 0.05) is 17.8 Å². The van der Waals surface area contributed by atoms with Crippen LogP contribution in [0.4, 0.5) is 5.69 Å². The number of non-ortho nitro benzene ring substituents is 1. The van der Waals surface area contributed by atoms with Gasteiger partial charge in [-0.3, -0.25) is 24.4 Å². The zero-order valence-corrected chi connectivity index (χ0v) is 16.9. The summed E-state index contributed by atoms with van der Waals surface area (Å²) in [5.41, 5.74) is 2.10. The SMILES string of the molecule is CCOC(=O)Cn1c(=NC(=O)Cn2nc(C)cc2C)sc2cc([N+](=O)[O-])ccc21. The van der Waals surface area contributed by atoms with E-state index in [0.717, 1.165) is 22.7 Å². The van der Waals surface area contributed by atoms with Crippen molar-refractivity contribution in [2.45, 2.75) is 33.9 Å². The van der Waals surface area contributed by atoms with Crippen molar-refractivity contribution in [3.05, 3.63) is 50.6 Å². The molecule has 0 saturated heterocycles. The summed E-state index contributed by atoms with van der Waals surface area (Å²) < 4.78 is 8.62. The molecule has 0 aliphatic carbocycles. The molecule has 0 N–H and O–H groups in total. The second-order valence-electron chi connectivity index (χ2n) is 6.28. The van der Waals surface area contributed by atoms with Crippen LogP contribution < -0.4 is 4.80 Å². The summed E-state index contributed by atoms with van der Waals surface area (Å²) in [5.74, 6) is -0.937. The first-order chi connectivity index (χ1) is 13.8. The molecule has 0 radical (unpaired) electrons. The van der Waals surface area contributed by atoms with Crippen LogP contribution in [0.3, 0.4) is 0 Å². The molecule has 3 aromatic rings. The Morgan fingerprint density at radius 3 is 2.66 bits per heavy atom. The van der Waals surface area contributed by atoms with Crippen molar-refractivity contribution in [3.63, 3.8) is 0 Å². The lowest BCUT2D eigenvalue weighted by molar-refractivity contribution is -0.384. The predicted molar refractivity (Wildman–Crippen MR) is 105 cm³/mol. The highest BCUT2D eigenvalue weighted by atomic mass is 32.1. The number of thiazole rings is 1. The molecule has 0 saturated carbocycles. The zero-order chi connectivity index (χ0) is 21.1. The van der Waals surface area contributed by atoms with Gasteiger partial charge in [0.15, 0.2) is 4.80 Å². The number of aryl methyl sites for hydroxylation is 2. The second-order valence-corrected chi connectivity index (χ2v) is 7.28. The summed E-state index contributed by atoms with van der Waals surface area (Å²) in [7, 11) is 0. The smallest absolute Gasteiger partial charge is 0.326 e. The normalized spacial score (nSPS) is 11.8. The van der Waals surface area contributed by atoms with E-state index in [0.29, 0.717) is 10.2 Å². The van der Waals surface area contributed by atoms with E-state index in [2.05, 4.69) is 10.1 Å². The number of hydrogen-bond donors (Lipinski definition) is 0. The molecule has 0 fully saturated rings. The molecular weight excluding hydrogens is 398 g/mol. The Balaban J connectivity index is 2.04. The van der Waals surface area contributed by atoms with Crippen LogP contribution in [0.5, 0.6) is 0 Å². The van der Waals surface area contributed by atoms with Gasteiger partial charge in [-0.15, -0.1) is 0 Å². The van der Waals surface area contributed by atoms with E-state index in [1.54, 1.807) is 11.6 Å². The zero-order valence-electron chi connectivity index (χ0n) is 16.1. The van der Waals surface area contributed by atoms with Gasteiger partial charge in [0.2, 0.25) is 0 Å². The van der Waals surface area contributed by atoms with Crippen LogP contribution in [-0.2, 0) is 27.4 Å². The van der Waals surface area contributed by atoms with Crippen LogP contribution in [-0.4, -0.2) is 37.8 Å². The number of carbonyl (C=O) groups is 2. The Labute approximate surface area is 169 Å². The molecule has 1 amide bonds. The van der Waals surface area contributed by atoms with Gasteiger partial charge in [-0.25, -0.2) is 0 Å². The molecule has 11 heteroatoms. The molecule has 152 valence electrons. The van der Waals surface area contributed by atoms with Crippen LogP contribution in [0.2, 0.25) is 0 Å². The van der Waals surface area contributed by atoms with Crippen LogP contribution in [0.25, 0.3) is 10.2 Å². The number of fused-ring (bicyclic) bond motifs is 1. The van der Waals surface area contributed by atoms with E-state index >= 15 is 0 Å². The Hall–Kier alpha value is -3.34. The minimum atomic E-state index is -0.500. The molecule has 1 aromatic carbocycles. The quantitative estimate of drug-likeness (QED) is 0.344. The van der Waals surface area contributed by atoms with Crippen molar-refractivity contribution in [2.24, 2.45) is 4.99 Å². The predicted octanol–water partition coefficient (Wildman–Crippen LogP) is 2.11. The molecule has 10 nitrogen and oxygen atoms in total. The highest BCUT2D eigenvalue weighted by molar-refractivity contribution is 7.16. The average Bonchev–Trinajstić information content (AvgIpc) is 3.13. The number of nitro benzene ring substituents is 1. The number of esters is 1. The van der Waals surface area contributed by atoms with E-state index in [4.69, 9.17) is 4.74 Å². The fourth-order valence-corrected chi connectivity index (χ4v) is 3.93. The fraction of sp³-hybridized carbons (Fsp3) is 0.333. The molecule has 2 aromatic heterocycles. The Bertz CT molecular complexity index is 1170. The lowest BCUT2D eigenvalue weighted by Gasteiger charge is -2.05. The van der Waals surface area contributed by atoms with E-state index in [9.17, 15) is 19.7 Å². The molecular formula is C18H19N5O5S. The molecule has 0 aliphatic rings. The van der Waals surface area contributed by atoms with Crippen molar-refractivity contribution < 1.29 is 19.2 Å². The largest absolute Gasteiger partial charge is 0.465 e. The van der Waals surface area contributed by atoms with Crippen molar-refractivity contribution in [1.29, 1.82) is 0 Å². The third-order valence-corrected chi connectivity index (χ3v) is 5.12. The first kappa shape index (κ1) is 20.4. The number of rotatable bonds is 6. The van der Waals surface area contributed by atoms with Gasteiger partial charge in [0.25, 0.3) is 11.6 Å². The first-order valence-electron chi connectivity index (χ1n) is 8.80. The topological polar surface area (TPSA) is 122 Å². The summed E-state index contributed by atoms with van der Waals surface area (Å²) in [6, 6.07) is 6.13. The number of amides is 1. The second kappa shape index (κ2) is 8.35. The Morgan fingerprint density at radius 1 is 1.28 bits per heavy atom. The van der Waals surface area contributed by atoms with Gasteiger partial charge in [-0.2, -0.15) is 10.1 Å². The Kier molecular flexibility index (Phi) is 5.87. The number of ether oxygens (including phenoxy) is 1. The van der Waals surface area contributed by atoms with Crippen LogP contribution in [0.1, 0.15) is 18.3 Å². The van der Waals surface area contributed by atoms with Crippen LogP contribution in [0.15, 0.2) is 29.3 Å². The molecule has 0 unspecified atom stereocenters. The lowest BCUT2D eigenvalue weighted by Crippen LogP contribution is -2.24. The molecule has 0 aliphatic heterocycles. The Morgan fingerprint density at radius 2 is 2.03 bits per heavy atom. The fourth-order valence-electron chi connectivity index (χ4n) is 2.85. The molecule has 2 heterocycles. The molecule has 0 atom stereocenters. The molecule has 29 heavy (non-hydrogen) atoms. The van der Waals surface area contributed by atoms with E-state index < -0.39 is 16.8 Å². The van der Waals surface area contributed by atoms with Crippen LogP contribution >= 0.6 is 11.3 Å². The number of nitrogens with zero attached hydrogens (tertiary/aromatic N) is 5. The standard InChI is InChI=1S/C18H19N5O5S/c1-4-28-17(25)10-21-14-6-5-13(23(26)27)8-15(14)29-18(21)19-16(24)9-22-12(3)7-11(2)20-22/h5-8H,4,9-10H2,1-3H3. The minimum absolute atomic E-state index is 0.0481. The maximum atomic E-state index is 12.5. The van der Waals surface area contributed by atoms with Gasteiger partial charge in [-0.05, 0) is 32.9 Å². The minimum Gasteiger partial charge on any atom is -0.465 e. The summed E-state index contributed by atoms with van der Waals surface area (Å²) in [6.45, 7) is 5.38. The van der Waals surface area contributed by atoms with E-state index in [1.165, 1.54) is 22.8 Å². The number of nitro groups is 1. The maximum absolute atomic E-state index is 12.5. The van der Waals surface area contributed by atoms with Gasteiger partial charge < -0.3 is 9.30 Å². The first-order valence-corrected chi connectivity index (χ1v) is 9.62. The number of carbonyl (C=O) groups excluding carboxylic acids is 2. The van der Waals surface area contributed by atoms with Gasteiger partial charge in [0.05, 0.1) is 27.4 Å². The monoisotopic (exact) mass is 417 g/mol. The summed E-state index contributed by atoms with van der Waals surface area (Å²) in [4.78, 5) is 39.5. The van der Waals surface area contributed by atoms with E-state index in [-0.39, 0.29) is 30.2 Å².